The number of fused-ring (bicyclic) bond motifs is 1. The van der Waals surface area contributed by atoms with E-state index in [4.69, 9.17) is 0 Å². The zero-order valence-corrected chi connectivity index (χ0v) is 15.7. The number of H-pyrrole nitrogens is 1. The molecule has 1 aromatic heterocycles. The standard InChI is InChI=1S/C22H23NO2S/c1-26(24,25)21-13-10-18(11-14-21)7-5-3-2-4-6-8-19-9-12-20-15-16-23-22(20)17-19/h5-17,23H,2-4H2,1H3/b7-5+,8-6+. The minimum atomic E-state index is -3.12. The number of aromatic amines is 1. The van der Waals surface area contributed by atoms with Gasteiger partial charge in [-0.3, -0.25) is 0 Å². The molecule has 0 bridgehead atoms. The number of allylic oxidation sites excluding steroid dienone is 2. The molecule has 4 heteroatoms. The van der Waals surface area contributed by atoms with Crippen LogP contribution < -0.4 is 0 Å². The molecular weight excluding hydrogens is 342 g/mol. The molecule has 0 amide bonds. The lowest BCUT2D eigenvalue weighted by molar-refractivity contribution is 0.602. The summed E-state index contributed by atoms with van der Waals surface area (Å²) in [6.07, 6.45) is 14.8. The zero-order chi connectivity index (χ0) is 18.4. The minimum absolute atomic E-state index is 0.359. The molecule has 0 radical (unpaired) electrons. The van der Waals surface area contributed by atoms with Gasteiger partial charge in [-0.25, -0.2) is 8.42 Å². The van der Waals surface area contributed by atoms with Crippen molar-refractivity contribution in [3.05, 3.63) is 78.0 Å². The van der Waals surface area contributed by atoms with Gasteiger partial charge in [-0.2, -0.15) is 0 Å². The van der Waals surface area contributed by atoms with Crippen LogP contribution in [0.3, 0.4) is 0 Å². The van der Waals surface area contributed by atoms with E-state index in [0.717, 1.165) is 30.3 Å². The van der Waals surface area contributed by atoms with Crippen LogP contribution in [0.25, 0.3) is 23.1 Å². The molecule has 1 heterocycles. The van der Waals surface area contributed by atoms with E-state index in [1.165, 1.54) is 17.2 Å². The van der Waals surface area contributed by atoms with Crippen LogP contribution in [0.4, 0.5) is 0 Å². The second kappa shape index (κ2) is 8.19. The molecule has 0 saturated carbocycles. The SMILES string of the molecule is CS(=O)(=O)c1ccc(/C=C/CCC/C=C/c2ccc3cc[nH]c3c2)cc1. The molecule has 2 aromatic carbocycles. The maximum atomic E-state index is 11.4. The summed E-state index contributed by atoms with van der Waals surface area (Å²) in [5, 5.41) is 1.23. The first-order valence-electron chi connectivity index (χ1n) is 8.73. The molecule has 0 spiro atoms. The van der Waals surface area contributed by atoms with E-state index in [1.54, 1.807) is 12.1 Å². The first-order chi connectivity index (χ1) is 12.5. The van der Waals surface area contributed by atoms with Crippen molar-refractivity contribution in [1.29, 1.82) is 0 Å². The molecular formula is C22H23NO2S. The normalized spacial score (nSPS) is 12.5. The van der Waals surface area contributed by atoms with Gasteiger partial charge in [-0.15, -0.1) is 0 Å². The van der Waals surface area contributed by atoms with Crippen molar-refractivity contribution in [3.8, 4) is 0 Å². The molecule has 3 rings (SSSR count). The third-order valence-electron chi connectivity index (χ3n) is 4.25. The van der Waals surface area contributed by atoms with E-state index < -0.39 is 9.84 Å². The van der Waals surface area contributed by atoms with Crippen LogP contribution in [0, 0.1) is 0 Å². The van der Waals surface area contributed by atoms with Gasteiger partial charge in [0.05, 0.1) is 4.90 Å². The van der Waals surface area contributed by atoms with Crippen LogP contribution in [0.15, 0.2) is 71.8 Å². The zero-order valence-electron chi connectivity index (χ0n) is 14.9. The van der Waals surface area contributed by atoms with Crippen LogP contribution in [0.1, 0.15) is 30.4 Å². The van der Waals surface area contributed by atoms with E-state index >= 15 is 0 Å². The number of hydrogen-bond acceptors (Lipinski definition) is 2. The Labute approximate surface area is 155 Å². The molecule has 3 aromatic rings. The number of benzene rings is 2. The number of nitrogens with one attached hydrogen (secondary N) is 1. The van der Waals surface area contributed by atoms with Crippen LogP contribution in [0.2, 0.25) is 0 Å². The Bertz CT molecular complexity index is 1030. The molecule has 0 saturated heterocycles. The number of aromatic nitrogens is 1. The molecule has 0 atom stereocenters. The van der Waals surface area contributed by atoms with Crippen molar-refractivity contribution in [2.24, 2.45) is 0 Å². The summed E-state index contributed by atoms with van der Waals surface area (Å²) >= 11 is 0. The molecule has 0 fully saturated rings. The summed E-state index contributed by atoms with van der Waals surface area (Å²) in [6, 6.07) is 15.5. The Kier molecular flexibility index (Phi) is 5.74. The lowest BCUT2D eigenvalue weighted by Gasteiger charge is -1.98. The van der Waals surface area contributed by atoms with Crippen LogP contribution in [0.5, 0.6) is 0 Å². The first-order valence-corrected chi connectivity index (χ1v) is 10.6. The average Bonchev–Trinajstić information content (AvgIpc) is 3.08. The Morgan fingerprint density at radius 1 is 0.885 bits per heavy atom. The van der Waals surface area contributed by atoms with Gasteiger partial charge in [-0.05, 0) is 60.0 Å². The van der Waals surface area contributed by atoms with Crippen molar-refractivity contribution < 1.29 is 8.42 Å². The Balaban J connectivity index is 1.44. The second-order valence-electron chi connectivity index (χ2n) is 6.40. The van der Waals surface area contributed by atoms with Crippen molar-refractivity contribution >= 4 is 32.9 Å². The van der Waals surface area contributed by atoms with E-state index in [2.05, 4.69) is 47.5 Å². The van der Waals surface area contributed by atoms with Gasteiger partial charge in [0.25, 0.3) is 0 Å². The summed E-state index contributed by atoms with van der Waals surface area (Å²) in [4.78, 5) is 3.59. The summed E-state index contributed by atoms with van der Waals surface area (Å²) in [5.41, 5.74) is 3.39. The fourth-order valence-corrected chi connectivity index (χ4v) is 3.42. The number of hydrogen-bond donors (Lipinski definition) is 1. The first kappa shape index (κ1) is 18.2. The quantitative estimate of drug-likeness (QED) is 0.565. The maximum Gasteiger partial charge on any atom is 0.175 e. The van der Waals surface area contributed by atoms with Gasteiger partial charge in [-0.1, -0.05) is 48.6 Å². The summed E-state index contributed by atoms with van der Waals surface area (Å²) < 4.78 is 22.9. The summed E-state index contributed by atoms with van der Waals surface area (Å²) in [7, 11) is -3.12. The van der Waals surface area contributed by atoms with E-state index in [9.17, 15) is 8.42 Å². The monoisotopic (exact) mass is 365 g/mol. The van der Waals surface area contributed by atoms with Crippen molar-refractivity contribution in [2.75, 3.05) is 6.26 Å². The molecule has 1 N–H and O–H groups in total. The maximum absolute atomic E-state index is 11.4. The van der Waals surface area contributed by atoms with Crippen molar-refractivity contribution in [2.45, 2.75) is 24.2 Å². The van der Waals surface area contributed by atoms with Gasteiger partial charge in [0.1, 0.15) is 0 Å². The fraction of sp³-hybridized carbons (Fsp3) is 0.182. The molecule has 0 aliphatic rings. The molecule has 0 aliphatic carbocycles. The van der Waals surface area contributed by atoms with E-state index in [0.29, 0.717) is 4.90 Å². The largest absolute Gasteiger partial charge is 0.361 e. The predicted molar refractivity (Wildman–Crippen MR) is 110 cm³/mol. The second-order valence-corrected chi connectivity index (χ2v) is 8.42. The Morgan fingerprint density at radius 2 is 1.54 bits per heavy atom. The predicted octanol–water partition coefficient (Wildman–Crippen LogP) is 5.47. The lowest BCUT2D eigenvalue weighted by atomic mass is 10.1. The summed E-state index contributed by atoms with van der Waals surface area (Å²) in [5.74, 6) is 0. The van der Waals surface area contributed by atoms with Gasteiger partial charge >= 0.3 is 0 Å². The highest BCUT2D eigenvalue weighted by Gasteiger charge is 2.04. The summed E-state index contributed by atoms with van der Waals surface area (Å²) in [6.45, 7) is 0. The Hall–Kier alpha value is -2.59. The fourth-order valence-electron chi connectivity index (χ4n) is 2.79. The van der Waals surface area contributed by atoms with Crippen LogP contribution >= 0.6 is 0 Å². The van der Waals surface area contributed by atoms with Crippen molar-refractivity contribution in [1.82, 2.24) is 4.98 Å². The third kappa shape index (κ3) is 4.96. The molecule has 3 nitrogen and oxygen atoms in total. The van der Waals surface area contributed by atoms with Gasteiger partial charge in [0, 0.05) is 18.0 Å². The third-order valence-corrected chi connectivity index (χ3v) is 5.38. The van der Waals surface area contributed by atoms with E-state index in [1.807, 2.05) is 24.4 Å². The average molecular weight is 365 g/mol. The highest BCUT2D eigenvalue weighted by molar-refractivity contribution is 7.90. The molecule has 0 unspecified atom stereocenters. The topological polar surface area (TPSA) is 49.9 Å². The highest BCUT2D eigenvalue weighted by Crippen LogP contribution is 2.16. The van der Waals surface area contributed by atoms with Gasteiger partial charge < -0.3 is 4.98 Å². The highest BCUT2D eigenvalue weighted by atomic mass is 32.2. The van der Waals surface area contributed by atoms with Gasteiger partial charge in [0.15, 0.2) is 9.84 Å². The smallest absolute Gasteiger partial charge is 0.175 e. The van der Waals surface area contributed by atoms with Gasteiger partial charge in [0.2, 0.25) is 0 Å². The van der Waals surface area contributed by atoms with E-state index in [-0.39, 0.29) is 0 Å². The van der Waals surface area contributed by atoms with Crippen molar-refractivity contribution in [3.63, 3.8) is 0 Å². The molecule has 26 heavy (non-hydrogen) atoms. The number of sulfone groups is 1. The van der Waals surface area contributed by atoms with Crippen LogP contribution in [-0.4, -0.2) is 19.7 Å². The number of rotatable bonds is 7. The lowest BCUT2D eigenvalue weighted by Crippen LogP contribution is -1.95. The minimum Gasteiger partial charge on any atom is -0.361 e. The Morgan fingerprint density at radius 3 is 2.23 bits per heavy atom. The number of unbranched alkanes of at least 4 members (excludes halogenated alkanes) is 2. The van der Waals surface area contributed by atoms with Crippen LogP contribution in [-0.2, 0) is 9.84 Å². The molecule has 0 aliphatic heterocycles. The molecule has 134 valence electrons.